The highest BCUT2D eigenvalue weighted by molar-refractivity contribution is 6.33. The van der Waals surface area contributed by atoms with Crippen LogP contribution in [0.2, 0.25) is 5.02 Å². The summed E-state index contributed by atoms with van der Waals surface area (Å²) in [5.41, 5.74) is 11.3. The first kappa shape index (κ1) is 21.2. The molecule has 0 saturated carbocycles. The molecule has 2 aromatic carbocycles. The maximum atomic E-state index is 13.0. The number of nitrogen functional groups attached to an aromatic ring is 1. The van der Waals surface area contributed by atoms with Gasteiger partial charge in [-0.2, -0.15) is 13.2 Å². The molecule has 0 atom stereocenters. The van der Waals surface area contributed by atoms with Crippen molar-refractivity contribution < 1.29 is 18.0 Å². The molecule has 11 heteroatoms. The fourth-order valence-electron chi connectivity index (χ4n) is 2.53. The fourth-order valence-corrected chi connectivity index (χ4v) is 2.70. The van der Waals surface area contributed by atoms with Crippen molar-refractivity contribution in [1.82, 2.24) is 15.4 Å². The smallest absolute Gasteiger partial charge is 0.393 e. The molecule has 30 heavy (non-hydrogen) atoms. The molecule has 0 fully saturated rings. The molecule has 0 spiro atoms. The van der Waals surface area contributed by atoms with Crippen LogP contribution in [-0.2, 0) is 6.18 Å². The van der Waals surface area contributed by atoms with Crippen LogP contribution in [0, 0.1) is 6.92 Å². The number of aromatic nitrogens is 2. The van der Waals surface area contributed by atoms with Crippen molar-refractivity contribution in [3.63, 3.8) is 0 Å². The van der Waals surface area contributed by atoms with Crippen LogP contribution in [0.4, 0.5) is 36.2 Å². The van der Waals surface area contributed by atoms with E-state index in [0.29, 0.717) is 5.56 Å². The van der Waals surface area contributed by atoms with Crippen molar-refractivity contribution in [2.45, 2.75) is 13.1 Å². The summed E-state index contributed by atoms with van der Waals surface area (Å²) >= 11 is 5.99. The Kier molecular flexibility index (Phi) is 5.97. The van der Waals surface area contributed by atoms with Gasteiger partial charge in [-0.25, -0.2) is 9.97 Å². The van der Waals surface area contributed by atoms with Gasteiger partial charge in [0.2, 0.25) is 0 Å². The van der Waals surface area contributed by atoms with Gasteiger partial charge in [0.1, 0.15) is 12.0 Å². The van der Waals surface area contributed by atoms with Gasteiger partial charge in [-0.15, -0.1) is 0 Å². The summed E-state index contributed by atoms with van der Waals surface area (Å²) in [6.07, 6.45) is -3.41. The SMILES string of the molecule is Cc1ccccc1C(=O)NNc1ncnc(Nc2cc(C(F)(F)F)ccc2Cl)c1N. The number of nitrogens with one attached hydrogen (secondary N) is 3. The number of benzene rings is 2. The molecule has 7 nitrogen and oxygen atoms in total. The molecule has 1 aromatic heterocycles. The number of amides is 1. The molecule has 0 radical (unpaired) electrons. The summed E-state index contributed by atoms with van der Waals surface area (Å²) in [5.74, 6) is -0.349. The summed E-state index contributed by atoms with van der Waals surface area (Å²) in [5, 5.41) is 2.71. The number of carbonyl (C=O) groups excluding carboxylic acids is 1. The van der Waals surface area contributed by atoms with Crippen molar-refractivity contribution in [2.24, 2.45) is 0 Å². The summed E-state index contributed by atoms with van der Waals surface area (Å²) < 4.78 is 38.9. The number of hydrazine groups is 1. The maximum Gasteiger partial charge on any atom is 0.416 e. The first-order valence-electron chi connectivity index (χ1n) is 8.53. The third-order valence-electron chi connectivity index (χ3n) is 4.11. The van der Waals surface area contributed by atoms with Crippen LogP contribution in [0.5, 0.6) is 0 Å². The Morgan fingerprint density at radius 1 is 1.10 bits per heavy atom. The van der Waals surface area contributed by atoms with Crippen LogP contribution in [0.1, 0.15) is 21.5 Å². The molecule has 0 bridgehead atoms. The average molecular weight is 437 g/mol. The molecule has 1 heterocycles. The Morgan fingerprint density at radius 3 is 2.50 bits per heavy atom. The maximum absolute atomic E-state index is 13.0. The predicted molar refractivity (Wildman–Crippen MR) is 108 cm³/mol. The summed E-state index contributed by atoms with van der Waals surface area (Å²) in [6, 6.07) is 9.79. The van der Waals surface area contributed by atoms with E-state index in [4.69, 9.17) is 17.3 Å². The second-order valence-corrected chi connectivity index (χ2v) is 6.60. The summed E-state index contributed by atoms with van der Waals surface area (Å²) in [7, 11) is 0. The number of nitrogens with zero attached hydrogens (tertiary/aromatic N) is 2. The number of aryl methyl sites for hydroxylation is 1. The number of nitrogens with two attached hydrogens (primary N) is 1. The van der Waals surface area contributed by atoms with E-state index in [1.807, 2.05) is 0 Å². The van der Waals surface area contributed by atoms with E-state index >= 15 is 0 Å². The zero-order valence-electron chi connectivity index (χ0n) is 15.5. The van der Waals surface area contributed by atoms with E-state index in [0.717, 1.165) is 30.1 Å². The molecule has 0 aliphatic carbocycles. The highest BCUT2D eigenvalue weighted by Gasteiger charge is 2.31. The molecule has 0 aliphatic rings. The zero-order valence-corrected chi connectivity index (χ0v) is 16.3. The van der Waals surface area contributed by atoms with Crippen LogP contribution in [0.15, 0.2) is 48.8 Å². The Hall–Kier alpha value is -3.53. The average Bonchev–Trinajstić information content (AvgIpc) is 2.69. The minimum absolute atomic E-state index is 0.0128. The van der Waals surface area contributed by atoms with Crippen molar-refractivity contribution in [3.8, 4) is 0 Å². The van der Waals surface area contributed by atoms with Gasteiger partial charge in [-0.1, -0.05) is 29.8 Å². The predicted octanol–water partition coefficient (Wildman–Crippen LogP) is 4.54. The largest absolute Gasteiger partial charge is 0.416 e. The van der Waals surface area contributed by atoms with Gasteiger partial charge in [-0.3, -0.25) is 15.6 Å². The van der Waals surface area contributed by atoms with E-state index in [2.05, 4.69) is 26.1 Å². The molecular formula is C19H16ClF3N6O. The number of carbonyl (C=O) groups is 1. The minimum atomic E-state index is -4.54. The zero-order chi connectivity index (χ0) is 21.9. The Labute approximate surface area is 174 Å². The number of alkyl halides is 3. The van der Waals surface area contributed by atoms with Gasteiger partial charge in [-0.05, 0) is 36.8 Å². The van der Waals surface area contributed by atoms with Gasteiger partial charge in [0.25, 0.3) is 5.91 Å². The van der Waals surface area contributed by atoms with Crippen LogP contribution >= 0.6 is 11.6 Å². The molecule has 156 valence electrons. The lowest BCUT2D eigenvalue weighted by Gasteiger charge is -2.15. The number of rotatable bonds is 5. The Morgan fingerprint density at radius 2 is 1.80 bits per heavy atom. The molecule has 0 saturated heterocycles. The molecule has 1 amide bonds. The van der Waals surface area contributed by atoms with Crippen molar-refractivity contribution >= 4 is 40.5 Å². The first-order chi connectivity index (χ1) is 14.2. The normalized spacial score (nSPS) is 11.1. The van der Waals surface area contributed by atoms with Gasteiger partial charge in [0.15, 0.2) is 11.6 Å². The molecule has 0 unspecified atom stereocenters. The van der Waals surface area contributed by atoms with E-state index in [-0.39, 0.29) is 28.0 Å². The van der Waals surface area contributed by atoms with Crippen LogP contribution in [-0.4, -0.2) is 15.9 Å². The van der Waals surface area contributed by atoms with Crippen LogP contribution < -0.4 is 21.9 Å². The van der Waals surface area contributed by atoms with E-state index in [9.17, 15) is 18.0 Å². The molecule has 3 aromatic rings. The molecule has 0 aliphatic heterocycles. The Balaban J connectivity index is 1.79. The van der Waals surface area contributed by atoms with E-state index < -0.39 is 17.6 Å². The van der Waals surface area contributed by atoms with Crippen LogP contribution in [0.3, 0.4) is 0 Å². The highest BCUT2D eigenvalue weighted by atomic mass is 35.5. The van der Waals surface area contributed by atoms with Gasteiger partial charge in [0, 0.05) is 5.56 Å². The van der Waals surface area contributed by atoms with Gasteiger partial charge >= 0.3 is 6.18 Å². The number of anilines is 4. The standard InChI is InChI=1S/C19H16ClF3N6O/c1-10-4-2-3-5-12(10)18(30)29-28-17-15(24)16(25-9-26-17)27-14-8-11(19(21,22)23)6-7-13(14)20/h2-9H,24H2,1H3,(H,29,30)(H2,25,26,27,28). The fraction of sp³-hybridized carbons (Fsp3) is 0.105. The van der Waals surface area contributed by atoms with Gasteiger partial charge < -0.3 is 11.1 Å². The van der Waals surface area contributed by atoms with Crippen molar-refractivity contribution in [3.05, 3.63) is 70.5 Å². The summed E-state index contributed by atoms with van der Waals surface area (Å²) in [6.45, 7) is 1.79. The highest BCUT2D eigenvalue weighted by Crippen LogP contribution is 2.36. The number of halogens is 4. The third kappa shape index (κ3) is 4.71. The monoisotopic (exact) mass is 436 g/mol. The van der Waals surface area contributed by atoms with E-state index in [1.54, 1.807) is 31.2 Å². The number of hydrogen-bond acceptors (Lipinski definition) is 6. The second-order valence-electron chi connectivity index (χ2n) is 6.20. The van der Waals surface area contributed by atoms with Gasteiger partial charge in [0.05, 0.1) is 16.3 Å². The molecular weight excluding hydrogens is 421 g/mol. The topological polar surface area (TPSA) is 105 Å². The van der Waals surface area contributed by atoms with Crippen LogP contribution in [0.25, 0.3) is 0 Å². The number of hydrogen-bond donors (Lipinski definition) is 4. The van der Waals surface area contributed by atoms with Crippen molar-refractivity contribution in [1.29, 1.82) is 0 Å². The van der Waals surface area contributed by atoms with Crippen molar-refractivity contribution in [2.75, 3.05) is 16.5 Å². The molecule has 5 N–H and O–H groups in total. The lowest BCUT2D eigenvalue weighted by Crippen LogP contribution is -2.30. The second kappa shape index (κ2) is 8.46. The van der Waals surface area contributed by atoms with E-state index in [1.165, 1.54) is 0 Å². The summed E-state index contributed by atoms with van der Waals surface area (Å²) in [4.78, 5) is 20.2. The minimum Gasteiger partial charge on any atom is -0.393 e. The lowest BCUT2D eigenvalue weighted by molar-refractivity contribution is -0.137. The first-order valence-corrected chi connectivity index (χ1v) is 8.91. The Bertz CT molecular complexity index is 1090. The quantitative estimate of drug-likeness (QED) is 0.438. The molecule has 3 rings (SSSR count). The lowest BCUT2D eigenvalue weighted by atomic mass is 10.1. The third-order valence-corrected chi connectivity index (χ3v) is 4.44.